The zero-order valence-electron chi connectivity index (χ0n) is 13.4. The second-order valence-electron chi connectivity index (χ2n) is 6.21. The second-order valence-corrected chi connectivity index (χ2v) is 6.64. The van der Waals surface area contributed by atoms with Gasteiger partial charge in [0, 0.05) is 16.6 Å². The molecule has 0 saturated carbocycles. The summed E-state index contributed by atoms with van der Waals surface area (Å²) >= 11 is 5.96. The molecule has 24 heavy (non-hydrogen) atoms. The van der Waals surface area contributed by atoms with Gasteiger partial charge in [-0.15, -0.1) is 0 Å². The van der Waals surface area contributed by atoms with Gasteiger partial charge >= 0.3 is 5.97 Å². The number of carboxylic acids is 1. The first-order valence-electron chi connectivity index (χ1n) is 7.81. The van der Waals surface area contributed by atoms with E-state index in [1.54, 1.807) is 53.4 Å². The Morgan fingerprint density at radius 1 is 1.12 bits per heavy atom. The van der Waals surface area contributed by atoms with Crippen LogP contribution in [0.25, 0.3) is 0 Å². The second kappa shape index (κ2) is 6.29. The number of amides is 1. The maximum absolute atomic E-state index is 13.0. The van der Waals surface area contributed by atoms with E-state index in [4.69, 9.17) is 11.6 Å². The van der Waals surface area contributed by atoms with Crippen LogP contribution in [0.15, 0.2) is 48.5 Å². The van der Waals surface area contributed by atoms with Crippen molar-refractivity contribution < 1.29 is 14.7 Å². The Kier molecular flexibility index (Phi) is 4.33. The van der Waals surface area contributed by atoms with Crippen molar-refractivity contribution in [3.63, 3.8) is 0 Å². The third-order valence-electron chi connectivity index (χ3n) is 4.41. The van der Waals surface area contributed by atoms with Crippen molar-refractivity contribution in [3.05, 3.63) is 70.2 Å². The number of halogens is 1. The maximum atomic E-state index is 13.0. The van der Waals surface area contributed by atoms with Crippen molar-refractivity contribution in [1.82, 2.24) is 4.90 Å². The Morgan fingerprint density at radius 3 is 2.33 bits per heavy atom. The molecule has 0 fully saturated rings. The first-order chi connectivity index (χ1) is 11.4. The molecule has 0 aromatic heterocycles. The average Bonchev–Trinajstić information content (AvgIpc) is 2.54. The Hall–Kier alpha value is -2.33. The van der Waals surface area contributed by atoms with Gasteiger partial charge in [-0.05, 0) is 43.2 Å². The number of nitrogens with zero attached hydrogens (tertiary/aromatic N) is 1. The summed E-state index contributed by atoms with van der Waals surface area (Å²) in [6.45, 7) is 3.79. The van der Waals surface area contributed by atoms with Crippen LogP contribution in [0.5, 0.6) is 0 Å². The lowest BCUT2D eigenvalue weighted by atomic mass is 9.79. The van der Waals surface area contributed by atoms with Crippen LogP contribution in [0.2, 0.25) is 5.02 Å². The summed E-state index contributed by atoms with van der Waals surface area (Å²) in [5.74, 6) is -1.90. The quantitative estimate of drug-likeness (QED) is 0.912. The topological polar surface area (TPSA) is 57.6 Å². The van der Waals surface area contributed by atoms with E-state index in [1.165, 1.54) is 0 Å². The number of hydrogen-bond donors (Lipinski definition) is 1. The average molecular weight is 344 g/mol. The van der Waals surface area contributed by atoms with Crippen molar-refractivity contribution in [2.24, 2.45) is 0 Å². The van der Waals surface area contributed by atoms with Crippen LogP contribution >= 0.6 is 11.6 Å². The molecule has 0 radical (unpaired) electrons. The van der Waals surface area contributed by atoms with E-state index in [2.05, 4.69) is 0 Å². The number of carbonyl (C=O) groups is 2. The van der Waals surface area contributed by atoms with Crippen LogP contribution in [-0.2, 0) is 4.79 Å². The molecule has 124 valence electrons. The molecule has 4 nitrogen and oxygen atoms in total. The molecule has 2 atom stereocenters. The van der Waals surface area contributed by atoms with Gasteiger partial charge in [-0.1, -0.05) is 41.9 Å². The van der Waals surface area contributed by atoms with E-state index in [1.807, 2.05) is 13.8 Å². The fourth-order valence-corrected chi connectivity index (χ4v) is 3.52. The van der Waals surface area contributed by atoms with Gasteiger partial charge in [-0.2, -0.15) is 0 Å². The predicted octanol–water partition coefficient (Wildman–Crippen LogP) is 4.11. The zero-order valence-corrected chi connectivity index (χ0v) is 14.2. The van der Waals surface area contributed by atoms with Gasteiger partial charge in [-0.25, -0.2) is 0 Å². The van der Waals surface area contributed by atoms with E-state index >= 15 is 0 Å². The molecule has 1 amide bonds. The van der Waals surface area contributed by atoms with Gasteiger partial charge in [-0.3, -0.25) is 9.59 Å². The Morgan fingerprint density at radius 2 is 1.75 bits per heavy atom. The highest BCUT2D eigenvalue weighted by Crippen LogP contribution is 2.43. The summed E-state index contributed by atoms with van der Waals surface area (Å²) in [6.07, 6.45) is 0. The van der Waals surface area contributed by atoms with Crippen LogP contribution in [0.3, 0.4) is 0 Å². The molecule has 5 heteroatoms. The number of benzene rings is 2. The molecule has 2 aromatic carbocycles. The highest BCUT2D eigenvalue weighted by molar-refractivity contribution is 6.30. The largest absolute Gasteiger partial charge is 0.481 e. The molecule has 1 heterocycles. The zero-order chi connectivity index (χ0) is 17.4. The minimum absolute atomic E-state index is 0.131. The molecule has 0 spiro atoms. The van der Waals surface area contributed by atoms with Gasteiger partial charge in [0.25, 0.3) is 5.91 Å². The van der Waals surface area contributed by atoms with Gasteiger partial charge < -0.3 is 10.0 Å². The summed E-state index contributed by atoms with van der Waals surface area (Å²) in [5.41, 5.74) is 1.79. The molecule has 0 bridgehead atoms. The summed E-state index contributed by atoms with van der Waals surface area (Å²) in [5, 5.41) is 10.5. The van der Waals surface area contributed by atoms with Gasteiger partial charge in [0.2, 0.25) is 0 Å². The molecule has 1 aliphatic heterocycles. The smallest absolute Gasteiger partial charge is 0.313 e. The Labute approximate surface area is 145 Å². The van der Waals surface area contributed by atoms with Crippen LogP contribution < -0.4 is 0 Å². The third-order valence-corrected chi connectivity index (χ3v) is 4.66. The van der Waals surface area contributed by atoms with Crippen molar-refractivity contribution in [2.45, 2.75) is 31.8 Å². The van der Waals surface area contributed by atoms with Gasteiger partial charge in [0.05, 0.1) is 6.04 Å². The number of carbonyl (C=O) groups excluding carboxylic acids is 1. The fraction of sp³-hybridized carbons (Fsp3) is 0.263. The highest BCUT2D eigenvalue weighted by Gasteiger charge is 2.45. The number of aliphatic carboxylic acids is 1. The molecule has 3 rings (SSSR count). The predicted molar refractivity (Wildman–Crippen MR) is 92.3 cm³/mol. The molecule has 2 aromatic rings. The lowest BCUT2D eigenvalue weighted by Gasteiger charge is -2.43. The van der Waals surface area contributed by atoms with E-state index in [-0.39, 0.29) is 11.9 Å². The van der Waals surface area contributed by atoms with Crippen LogP contribution in [-0.4, -0.2) is 27.9 Å². The van der Waals surface area contributed by atoms with Gasteiger partial charge in [0.15, 0.2) is 0 Å². The molecule has 1 aliphatic rings. The lowest BCUT2D eigenvalue weighted by molar-refractivity contribution is -0.140. The van der Waals surface area contributed by atoms with Crippen molar-refractivity contribution in [3.8, 4) is 0 Å². The number of hydrogen-bond acceptors (Lipinski definition) is 2. The van der Waals surface area contributed by atoms with Crippen LogP contribution in [0.4, 0.5) is 0 Å². The summed E-state index contributed by atoms with van der Waals surface area (Å²) in [4.78, 5) is 26.7. The van der Waals surface area contributed by atoms with E-state index in [0.717, 1.165) is 5.56 Å². The van der Waals surface area contributed by atoms with E-state index in [9.17, 15) is 14.7 Å². The van der Waals surface area contributed by atoms with Gasteiger partial charge in [0.1, 0.15) is 5.92 Å². The Balaban J connectivity index is 2.24. The van der Waals surface area contributed by atoms with E-state index < -0.39 is 17.9 Å². The van der Waals surface area contributed by atoms with Crippen molar-refractivity contribution in [2.75, 3.05) is 0 Å². The van der Waals surface area contributed by atoms with Crippen molar-refractivity contribution in [1.29, 1.82) is 0 Å². The molecule has 0 aliphatic carbocycles. The summed E-state index contributed by atoms with van der Waals surface area (Å²) in [6, 6.07) is 13.3. The standard InChI is InChI=1S/C19H18ClNO3/c1-11(2)21-17(12-7-9-13(20)10-8-12)16(19(23)24)14-5-3-4-6-15(14)18(21)22/h3-11,16-17H,1-2H3,(H,23,24)/t16-,17+/m1/s1. The molecule has 0 unspecified atom stereocenters. The first-order valence-corrected chi connectivity index (χ1v) is 8.19. The number of rotatable bonds is 3. The Bertz CT molecular complexity index is 785. The number of carboxylic acid groups (broad SMARTS) is 1. The first kappa shape index (κ1) is 16.5. The van der Waals surface area contributed by atoms with Crippen LogP contribution in [0.1, 0.15) is 47.3 Å². The molecular weight excluding hydrogens is 326 g/mol. The highest BCUT2D eigenvalue weighted by atomic mass is 35.5. The van der Waals surface area contributed by atoms with Crippen molar-refractivity contribution >= 4 is 23.5 Å². The molecule has 1 N–H and O–H groups in total. The minimum Gasteiger partial charge on any atom is -0.481 e. The third kappa shape index (κ3) is 2.67. The normalized spacial score (nSPS) is 20.2. The SMILES string of the molecule is CC(C)N1C(=O)c2ccccc2[C@@H](C(=O)O)[C@@H]1c1ccc(Cl)cc1. The number of fused-ring (bicyclic) bond motifs is 1. The lowest BCUT2D eigenvalue weighted by Crippen LogP contribution is -2.48. The minimum atomic E-state index is -0.944. The molecule has 0 saturated heterocycles. The summed E-state index contributed by atoms with van der Waals surface area (Å²) < 4.78 is 0. The monoisotopic (exact) mass is 343 g/mol. The summed E-state index contributed by atoms with van der Waals surface area (Å²) in [7, 11) is 0. The maximum Gasteiger partial charge on any atom is 0.313 e. The van der Waals surface area contributed by atoms with E-state index in [0.29, 0.717) is 16.1 Å². The molecular formula is C19H18ClNO3. The fourth-order valence-electron chi connectivity index (χ4n) is 3.40. The van der Waals surface area contributed by atoms with Crippen LogP contribution in [0, 0.1) is 0 Å².